The number of nitrogens with one attached hydrogen (secondary N) is 1. The van der Waals surface area contributed by atoms with Gasteiger partial charge in [0, 0.05) is 18.7 Å². The Morgan fingerprint density at radius 2 is 2.15 bits per heavy atom. The van der Waals surface area contributed by atoms with Gasteiger partial charge < -0.3 is 5.43 Å². The van der Waals surface area contributed by atoms with Gasteiger partial charge in [0.25, 0.3) is 0 Å². The predicted octanol–water partition coefficient (Wildman–Crippen LogP) is 0.0160. The molecule has 70 valence electrons. The molecule has 3 N–H and O–H groups in total. The van der Waals surface area contributed by atoms with Gasteiger partial charge in [0.1, 0.15) is 11.6 Å². The van der Waals surface area contributed by atoms with Crippen molar-refractivity contribution in [3.05, 3.63) is 17.1 Å². The van der Waals surface area contributed by atoms with Crippen molar-refractivity contribution >= 4 is 5.82 Å². The van der Waals surface area contributed by atoms with Crippen LogP contribution in [0.25, 0.3) is 0 Å². The summed E-state index contributed by atoms with van der Waals surface area (Å²) in [7, 11) is 2.05. The van der Waals surface area contributed by atoms with Crippen molar-refractivity contribution in [2.24, 2.45) is 5.84 Å². The third-order valence-corrected chi connectivity index (χ3v) is 2.19. The molecule has 0 fully saturated rings. The number of nitrogen functional groups attached to an aromatic ring is 1. The molecule has 2 rings (SSSR count). The summed E-state index contributed by atoms with van der Waals surface area (Å²) < 4.78 is 0. The summed E-state index contributed by atoms with van der Waals surface area (Å²) >= 11 is 0. The Bertz CT molecular complexity index is 336. The first-order valence-corrected chi connectivity index (χ1v) is 4.22. The molecule has 0 aromatic carbocycles. The van der Waals surface area contributed by atoms with Crippen LogP contribution in [0.4, 0.5) is 5.82 Å². The lowest BCUT2D eigenvalue weighted by atomic mass is 10.2. The molecule has 1 aromatic rings. The van der Waals surface area contributed by atoms with Gasteiger partial charge in [-0.05, 0) is 14.0 Å². The van der Waals surface area contributed by atoms with E-state index in [0.717, 1.165) is 36.0 Å². The van der Waals surface area contributed by atoms with Crippen molar-refractivity contribution in [2.75, 3.05) is 12.5 Å². The van der Waals surface area contributed by atoms with Gasteiger partial charge >= 0.3 is 0 Å². The van der Waals surface area contributed by atoms with Crippen molar-refractivity contribution in [3.8, 4) is 0 Å². The molecule has 0 saturated carbocycles. The summed E-state index contributed by atoms with van der Waals surface area (Å²) in [6.45, 7) is 3.63. The van der Waals surface area contributed by atoms with Crippen LogP contribution in [0.2, 0.25) is 0 Å². The molecule has 1 aliphatic rings. The maximum absolute atomic E-state index is 5.38. The lowest BCUT2D eigenvalue weighted by Crippen LogP contribution is -2.13. The molecule has 0 saturated heterocycles. The third kappa shape index (κ3) is 1.36. The zero-order valence-electron chi connectivity index (χ0n) is 7.83. The minimum atomic E-state index is 0.756. The first-order chi connectivity index (χ1) is 6.20. The van der Waals surface area contributed by atoms with Crippen LogP contribution in [0.15, 0.2) is 0 Å². The Kier molecular flexibility index (Phi) is 1.90. The van der Waals surface area contributed by atoms with E-state index in [1.165, 1.54) is 0 Å². The maximum Gasteiger partial charge on any atom is 0.148 e. The Morgan fingerprint density at radius 3 is 2.85 bits per heavy atom. The zero-order valence-corrected chi connectivity index (χ0v) is 7.83. The summed E-state index contributed by atoms with van der Waals surface area (Å²) in [6.07, 6.45) is 0. The summed E-state index contributed by atoms with van der Waals surface area (Å²) in [5.74, 6) is 6.90. The highest BCUT2D eigenvalue weighted by Gasteiger charge is 2.21. The van der Waals surface area contributed by atoms with Crippen LogP contribution >= 0.6 is 0 Å². The van der Waals surface area contributed by atoms with Crippen LogP contribution in [-0.2, 0) is 13.1 Å². The molecule has 0 amide bonds. The highest BCUT2D eigenvalue weighted by atomic mass is 15.3. The van der Waals surface area contributed by atoms with Crippen LogP contribution in [-0.4, -0.2) is 21.9 Å². The lowest BCUT2D eigenvalue weighted by molar-refractivity contribution is 0.351. The molecule has 13 heavy (non-hydrogen) atoms. The second-order valence-corrected chi connectivity index (χ2v) is 3.36. The molecule has 5 nitrogen and oxygen atoms in total. The van der Waals surface area contributed by atoms with Gasteiger partial charge in [0.15, 0.2) is 0 Å². The number of nitrogens with zero attached hydrogens (tertiary/aromatic N) is 3. The van der Waals surface area contributed by atoms with E-state index in [1.807, 2.05) is 6.92 Å². The molecule has 1 aromatic heterocycles. The van der Waals surface area contributed by atoms with E-state index in [0.29, 0.717) is 0 Å². The van der Waals surface area contributed by atoms with Crippen molar-refractivity contribution in [2.45, 2.75) is 20.0 Å². The standard InChI is InChI=1S/C8H13N5/c1-5-10-7-4-13(2)3-6(7)8(11-5)12-9/h3-4,9H2,1-2H3,(H,10,11,12). The van der Waals surface area contributed by atoms with Gasteiger partial charge in [0.2, 0.25) is 0 Å². The predicted molar refractivity (Wildman–Crippen MR) is 49.8 cm³/mol. The summed E-state index contributed by atoms with van der Waals surface area (Å²) in [4.78, 5) is 10.8. The molecular weight excluding hydrogens is 166 g/mol. The van der Waals surface area contributed by atoms with Crippen LogP contribution in [0.3, 0.4) is 0 Å². The van der Waals surface area contributed by atoms with E-state index in [4.69, 9.17) is 5.84 Å². The number of rotatable bonds is 1. The van der Waals surface area contributed by atoms with Gasteiger partial charge in [-0.2, -0.15) is 0 Å². The lowest BCUT2D eigenvalue weighted by Gasteiger charge is -2.06. The Balaban J connectivity index is 2.50. The summed E-state index contributed by atoms with van der Waals surface area (Å²) in [6, 6.07) is 0. The minimum Gasteiger partial charge on any atom is -0.308 e. The Hall–Kier alpha value is -1.20. The highest BCUT2D eigenvalue weighted by molar-refractivity contribution is 5.47. The summed E-state index contributed by atoms with van der Waals surface area (Å²) in [5, 5.41) is 0. The zero-order chi connectivity index (χ0) is 9.42. The Labute approximate surface area is 76.9 Å². The van der Waals surface area contributed by atoms with Gasteiger partial charge in [-0.1, -0.05) is 0 Å². The van der Waals surface area contributed by atoms with Crippen LogP contribution in [0, 0.1) is 6.92 Å². The van der Waals surface area contributed by atoms with Crippen LogP contribution in [0.1, 0.15) is 17.1 Å². The highest BCUT2D eigenvalue weighted by Crippen LogP contribution is 2.24. The van der Waals surface area contributed by atoms with Crippen LogP contribution in [0.5, 0.6) is 0 Å². The first-order valence-electron chi connectivity index (χ1n) is 4.22. The molecule has 0 bridgehead atoms. The average molecular weight is 179 g/mol. The fourth-order valence-electron chi connectivity index (χ4n) is 1.65. The topological polar surface area (TPSA) is 67.1 Å². The smallest absolute Gasteiger partial charge is 0.148 e. The molecule has 0 aliphatic carbocycles. The van der Waals surface area contributed by atoms with E-state index < -0.39 is 0 Å². The second kappa shape index (κ2) is 2.93. The van der Waals surface area contributed by atoms with E-state index in [9.17, 15) is 0 Å². The van der Waals surface area contributed by atoms with E-state index in [2.05, 4.69) is 27.3 Å². The SMILES string of the molecule is Cc1nc2c(c(NN)n1)CN(C)C2. The second-order valence-electron chi connectivity index (χ2n) is 3.36. The number of aromatic nitrogens is 2. The van der Waals surface area contributed by atoms with Gasteiger partial charge in [-0.25, -0.2) is 15.8 Å². The number of nitrogens with two attached hydrogens (primary N) is 1. The number of hydrogen-bond donors (Lipinski definition) is 2. The Morgan fingerprint density at radius 1 is 1.38 bits per heavy atom. The number of fused-ring (bicyclic) bond motifs is 1. The van der Waals surface area contributed by atoms with E-state index in [1.54, 1.807) is 0 Å². The number of hydrazine groups is 1. The molecule has 5 heteroatoms. The van der Waals surface area contributed by atoms with Gasteiger partial charge in [0.05, 0.1) is 5.69 Å². The van der Waals surface area contributed by atoms with Gasteiger partial charge in [-0.15, -0.1) is 0 Å². The quantitative estimate of drug-likeness (QED) is 0.470. The molecule has 0 unspecified atom stereocenters. The van der Waals surface area contributed by atoms with Crippen molar-refractivity contribution in [1.82, 2.24) is 14.9 Å². The van der Waals surface area contributed by atoms with E-state index >= 15 is 0 Å². The minimum absolute atomic E-state index is 0.756. The fraction of sp³-hybridized carbons (Fsp3) is 0.500. The molecule has 2 heterocycles. The number of anilines is 1. The molecule has 1 aliphatic heterocycles. The molecule has 0 atom stereocenters. The monoisotopic (exact) mass is 179 g/mol. The third-order valence-electron chi connectivity index (χ3n) is 2.19. The molecule has 0 radical (unpaired) electrons. The maximum atomic E-state index is 5.38. The summed E-state index contributed by atoms with van der Waals surface area (Å²) in [5.41, 5.74) is 4.82. The van der Waals surface area contributed by atoms with Crippen molar-refractivity contribution in [1.29, 1.82) is 0 Å². The van der Waals surface area contributed by atoms with Crippen molar-refractivity contribution < 1.29 is 0 Å². The normalized spacial score (nSPS) is 15.9. The van der Waals surface area contributed by atoms with E-state index in [-0.39, 0.29) is 0 Å². The molecule has 0 spiro atoms. The van der Waals surface area contributed by atoms with Gasteiger partial charge in [-0.3, -0.25) is 4.90 Å². The van der Waals surface area contributed by atoms with Crippen molar-refractivity contribution in [3.63, 3.8) is 0 Å². The first kappa shape index (κ1) is 8.40. The fourth-order valence-corrected chi connectivity index (χ4v) is 1.65. The van der Waals surface area contributed by atoms with Crippen LogP contribution < -0.4 is 11.3 Å². The largest absolute Gasteiger partial charge is 0.308 e. The average Bonchev–Trinajstić information content (AvgIpc) is 2.43. The number of aryl methyl sites for hydroxylation is 1. The molecular formula is C8H13N5. The number of hydrogen-bond acceptors (Lipinski definition) is 5.